The molecule has 0 N–H and O–H groups in total. The van der Waals surface area contributed by atoms with Crippen LogP contribution in [0.1, 0.15) is 5.56 Å². The molecule has 0 unspecified atom stereocenters. The molecule has 8 heteroatoms. The van der Waals surface area contributed by atoms with Crippen molar-refractivity contribution in [3.63, 3.8) is 0 Å². The van der Waals surface area contributed by atoms with Gasteiger partial charge in [0.25, 0.3) is 10.1 Å². The summed E-state index contributed by atoms with van der Waals surface area (Å²) in [6, 6.07) is 3.32. The molecule has 0 saturated heterocycles. The summed E-state index contributed by atoms with van der Waals surface area (Å²) in [5.41, 5.74) is 1.26. The Labute approximate surface area is 115 Å². The smallest absolute Gasteiger partial charge is 0.271 e. The van der Waals surface area contributed by atoms with Gasteiger partial charge in [0.1, 0.15) is 5.75 Å². The van der Waals surface area contributed by atoms with Gasteiger partial charge in [-0.25, -0.2) is 4.98 Å². The van der Waals surface area contributed by atoms with Gasteiger partial charge in [-0.2, -0.15) is 8.42 Å². The van der Waals surface area contributed by atoms with Crippen LogP contribution in [0, 0.1) is 0 Å². The van der Waals surface area contributed by atoms with E-state index >= 15 is 0 Å². The number of hydrogen-bond acceptors (Lipinski definition) is 6. The first-order chi connectivity index (χ1) is 8.96. The van der Waals surface area contributed by atoms with Gasteiger partial charge in [0, 0.05) is 17.8 Å². The van der Waals surface area contributed by atoms with Crippen molar-refractivity contribution < 1.29 is 17.3 Å². The Bertz CT molecular complexity index is 718. The van der Waals surface area contributed by atoms with Gasteiger partial charge < -0.3 is 4.74 Å². The van der Waals surface area contributed by atoms with Gasteiger partial charge >= 0.3 is 0 Å². The van der Waals surface area contributed by atoms with Crippen LogP contribution in [0.2, 0.25) is 5.02 Å². The van der Waals surface area contributed by atoms with Crippen LogP contribution >= 0.6 is 11.6 Å². The monoisotopic (exact) mass is 302 g/mol. The molecule has 0 saturated carbocycles. The Morgan fingerprint density at radius 1 is 1.32 bits per heavy atom. The fourth-order valence-electron chi connectivity index (χ4n) is 1.56. The van der Waals surface area contributed by atoms with E-state index in [0.717, 1.165) is 7.11 Å². The van der Waals surface area contributed by atoms with Crippen molar-refractivity contribution in [1.29, 1.82) is 0 Å². The van der Waals surface area contributed by atoms with Crippen molar-refractivity contribution in [2.45, 2.75) is 5.75 Å². The van der Waals surface area contributed by atoms with Crippen molar-refractivity contribution >= 4 is 32.8 Å². The lowest BCUT2D eigenvalue weighted by Crippen LogP contribution is -2.07. The summed E-state index contributed by atoms with van der Waals surface area (Å²) in [5.74, 6) is -0.0192. The van der Waals surface area contributed by atoms with Gasteiger partial charge in [0.2, 0.25) is 5.88 Å². The minimum atomic E-state index is -3.70. The summed E-state index contributed by atoms with van der Waals surface area (Å²) in [6.07, 6.45) is 1.39. The Hall–Kier alpha value is -1.44. The van der Waals surface area contributed by atoms with Crippen LogP contribution in [0.3, 0.4) is 0 Å². The molecule has 2 heterocycles. The molecule has 0 spiro atoms. The average molecular weight is 303 g/mol. The Morgan fingerprint density at radius 2 is 2.05 bits per heavy atom. The van der Waals surface area contributed by atoms with E-state index < -0.39 is 10.1 Å². The highest BCUT2D eigenvalue weighted by Crippen LogP contribution is 2.26. The molecule has 0 fully saturated rings. The quantitative estimate of drug-likeness (QED) is 0.801. The van der Waals surface area contributed by atoms with Gasteiger partial charge in [0.05, 0.1) is 30.3 Å². The summed E-state index contributed by atoms with van der Waals surface area (Å²) >= 11 is 6.00. The van der Waals surface area contributed by atoms with Crippen LogP contribution in [-0.2, 0) is 20.1 Å². The van der Waals surface area contributed by atoms with Crippen molar-refractivity contribution in [1.82, 2.24) is 9.97 Å². The lowest BCUT2D eigenvalue weighted by molar-refractivity contribution is 0.396. The van der Waals surface area contributed by atoms with Crippen LogP contribution in [0.4, 0.5) is 0 Å². The number of halogens is 1. The summed E-state index contributed by atoms with van der Waals surface area (Å²) in [7, 11) is -1.13. The van der Waals surface area contributed by atoms with Crippen molar-refractivity contribution in [2.75, 3.05) is 14.2 Å². The highest BCUT2D eigenvalue weighted by molar-refractivity contribution is 7.85. The molecule has 2 aromatic heterocycles. The third-order valence-electron chi connectivity index (χ3n) is 2.52. The SMILES string of the molecule is COc1ccc2ncc(Cl)c(CS(=O)(=O)OC)c2n1. The van der Waals surface area contributed by atoms with E-state index in [-0.39, 0.29) is 10.8 Å². The summed E-state index contributed by atoms with van der Waals surface area (Å²) < 4.78 is 32.6. The molecule has 2 rings (SSSR count). The second-order valence-electron chi connectivity index (χ2n) is 3.67. The first-order valence-electron chi connectivity index (χ1n) is 5.23. The summed E-state index contributed by atoms with van der Waals surface area (Å²) in [4.78, 5) is 8.27. The molecule has 6 nitrogen and oxygen atoms in total. The van der Waals surface area contributed by atoms with Crippen LogP contribution in [0.25, 0.3) is 11.0 Å². The molecule has 102 valence electrons. The van der Waals surface area contributed by atoms with E-state index in [1.165, 1.54) is 13.3 Å². The van der Waals surface area contributed by atoms with E-state index in [9.17, 15) is 8.42 Å². The van der Waals surface area contributed by atoms with Gasteiger partial charge in [-0.05, 0) is 6.07 Å². The third kappa shape index (κ3) is 2.94. The number of ether oxygens (including phenoxy) is 1. The first kappa shape index (κ1) is 14.0. The second kappa shape index (κ2) is 5.28. The molecule has 0 amide bonds. The zero-order valence-electron chi connectivity index (χ0n) is 10.3. The van der Waals surface area contributed by atoms with Crippen molar-refractivity contribution in [3.8, 4) is 5.88 Å². The Morgan fingerprint density at radius 3 is 2.68 bits per heavy atom. The lowest BCUT2D eigenvalue weighted by atomic mass is 10.2. The van der Waals surface area contributed by atoms with Gasteiger partial charge in [0.15, 0.2) is 0 Å². The maximum Gasteiger partial charge on any atom is 0.271 e. The van der Waals surface area contributed by atoms with Crippen LogP contribution in [-0.4, -0.2) is 32.6 Å². The molecule has 0 atom stereocenters. The number of rotatable bonds is 4. The summed E-state index contributed by atoms with van der Waals surface area (Å²) in [6.45, 7) is 0. The molecule has 0 bridgehead atoms. The first-order valence-corrected chi connectivity index (χ1v) is 7.19. The van der Waals surface area contributed by atoms with E-state index in [0.29, 0.717) is 22.5 Å². The zero-order valence-corrected chi connectivity index (χ0v) is 11.8. The molecular weight excluding hydrogens is 292 g/mol. The van der Waals surface area contributed by atoms with E-state index in [1.54, 1.807) is 12.1 Å². The fraction of sp³-hybridized carbons (Fsp3) is 0.273. The van der Waals surface area contributed by atoms with E-state index in [2.05, 4.69) is 14.2 Å². The van der Waals surface area contributed by atoms with Crippen molar-refractivity contribution in [2.24, 2.45) is 0 Å². The molecular formula is C11H11ClN2O4S. The van der Waals surface area contributed by atoms with E-state index in [1.807, 2.05) is 0 Å². The topological polar surface area (TPSA) is 78.4 Å². The van der Waals surface area contributed by atoms with Gasteiger partial charge in [-0.15, -0.1) is 0 Å². The highest BCUT2D eigenvalue weighted by atomic mass is 35.5. The Kier molecular flexibility index (Phi) is 3.88. The molecule has 0 aliphatic carbocycles. The summed E-state index contributed by atoms with van der Waals surface area (Å²) in [5, 5.41) is 0.217. The number of hydrogen-bond donors (Lipinski definition) is 0. The molecule has 0 aliphatic rings. The van der Waals surface area contributed by atoms with E-state index in [4.69, 9.17) is 16.3 Å². The molecule has 0 aromatic carbocycles. The number of fused-ring (bicyclic) bond motifs is 1. The normalized spacial score (nSPS) is 11.7. The largest absolute Gasteiger partial charge is 0.481 e. The van der Waals surface area contributed by atoms with Gasteiger partial charge in [-0.3, -0.25) is 9.17 Å². The highest BCUT2D eigenvalue weighted by Gasteiger charge is 2.18. The van der Waals surface area contributed by atoms with Gasteiger partial charge in [-0.1, -0.05) is 11.6 Å². The third-order valence-corrected chi connectivity index (χ3v) is 4.00. The number of methoxy groups -OCH3 is 1. The van der Waals surface area contributed by atoms with Crippen LogP contribution < -0.4 is 4.74 Å². The fourth-order valence-corrected chi connectivity index (χ4v) is 2.61. The molecule has 0 aliphatic heterocycles. The average Bonchev–Trinajstić information content (AvgIpc) is 2.41. The second-order valence-corrected chi connectivity index (χ2v) is 5.82. The number of nitrogens with zero attached hydrogens (tertiary/aromatic N) is 2. The molecule has 2 aromatic rings. The van der Waals surface area contributed by atoms with Crippen LogP contribution in [0.15, 0.2) is 18.3 Å². The number of pyridine rings is 2. The lowest BCUT2D eigenvalue weighted by Gasteiger charge is -2.08. The maximum atomic E-state index is 11.6. The zero-order chi connectivity index (χ0) is 14.0. The number of aromatic nitrogens is 2. The minimum absolute atomic E-state index is 0.217. The molecule has 0 radical (unpaired) electrons. The minimum Gasteiger partial charge on any atom is -0.481 e. The predicted octanol–water partition coefficient (Wildman–Crippen LogP) is 1.77. The predicted molar refractivity (Wildman–Crippen MR) is 70.7 cm³/mol. The Balaban J connectivity index is 2.66. The van der Waals surface area contributed by atoms with Crippen LogP contribution in [0.5, 0.6) is 5.88 Å². The molecule has 19 heavy (non-hydrogen) atoms. The standard InChI is InChI=1S/C11H11ClN2O4S/c1-17-10-4-3-9-11(14-10)7(8(12)5-13-9)6-19(15,16)18-2/h3-5H,6H2,1-2H3. The van der Waals surface area contributed by atoms with Crippen molar-refractivity contribution in [3.05, 3.63) is 28.9 Å². The maximum absolute atomic E-state index is 11.6.